The topological polar surface area (TPSA) is 105 Å². The van der Waals surface area contributed by atoms with Gasteiger partial charge in [0.2, 0.25) is 11.8 Å². The number of guanidine groups is 1. The van der Waals surface area contributed by atoms with Crippen LogP contribution in [0.25, 0.3) is 5.82 Å². The molecule has 2 fully saturated rings. The van der Waals surface area contributed by atoms with Crippen LogP contribution in [0.15, 0.2) is 41.5 Å². The highest BCUT2D eigenvalue weighted by Gasteiger charge is 2.58. The molecule has 10 heteroatoms. The van der Waals surface area contributed by atoms with Gasteiger partial charge in [-0.25, -0.2) is 9.67 Å². The van der Waals surface area contributed by atoms with Crippen LogP contribution in [0.5, 0.6) is 0 Å². The molecule has 2 aromatic heterocycles. The number of carbonyl (C=O) groups excluding carboxylic acids is 2. The van der Waals surface area contributed by atoms with Crippen LogP contribution in [-0.2, 0) is 16.1 Å². The number of aliphatic imine (C=N–C) groups is 1. The van der Waals surface area contributed by atoms with Gasteiger partial charge < -0.3 is 10.6 Å². The largest absolute Gasteiger partial charge is 0.355 e. The molecule has 2 N–H and O–H groups in total. The Bertz CT molecular complexity index is 1110. The molecule has 2 bridgehead atoms. The molecule has 2 amide bonds. The zero-order chi connectivity index (χ0) is 23.1. The Kier molecular flexibility index (Phi) is 7.06. The minimum absolute atomic E-state index is 0. The van der Waals surface area contributed by atoms with Gasteiger partial charge in [0.25, 0.3) is 0 Å². The molecule has 1 aliphatic heterocycles. The van der Waals surface area contributed by atoms with Crippen molar-refractivity contribution >= 4 is 41.8 Å². The average molecular weight is 575 g/mol. The van der Waals surface area contributed by atoms with Crippen molar-refractivity contribution in [3.63, 3.8) is 0 Å². The van der Waals surface area contributed by atoms with Gasteiger partial charge in [0.05, 0.1) is 17.5 Å². The molecule has 4 unspecified atom stereocenters. The third-order valence-corrected chi connectivity index (χ3v) is 6.91. The number of carbonyl (C=O) groups is 2. The lowest BCUT2D eigenvalue weighted by atomic mass is 9.85. The van der Waals surface area contributed by atoms with Gasteiger partial charge >= 0.3 is 0 Å². The Hall–Kier alpha value is -2.76. The zero-order valence-electron chi connectivity index (χ0n) is 19.6. The van der Waals surface area contributed by atoms with Gasteiger partial charge in [-0.1, -0.05) is 18.2 Å². The van der Waals surface area contributed by atoms with Crippen molar-refractivity contribution in [3.8, 4) is 5.82 Å². The summed E-state index contributed by atoms with van der Waals surface area (Å²) in [5.74, 6) is 1.56. The first-order chi connectivity index (χ1) is 16.0. The maximum absolute atomic E-state index is 12.8. The molecule has 0 aromatic carbocycles. The number of halogens is 1. The smallest absolute Gasteiger partial charge is 0.233 e. The van der Waals surface area contributed by atoms with Gasteiger partial charge in [-0.15, -0.1) is 24.0 Å². The minimum atomic E-state index is -0.144. The second kappa shape index (κ2) is 9.85. The van der Waals surface area contributed by atoms with Crippen LogP contribution >= 0.6 is 24.0 Å². The molecule has 3 heterocycles. The lowest BCUT2D eigenvalue weighted by Gasteiger charge is -2.18. The molecular formula is C24H30IN7O2. The number of pyridine rings is 1. The summed E-state index contributed by atoms with van der Waals surface area (Å²) in [5, 5.41) is 10.9. The Morgan fingerprint density at radius 1 is 1.12 bits per heavy atom. The Morgan fingerprint density at radius 2 is 1.82 bits per heavy atom. The number of nitrogens with zero attached hydrogens (tertiary/aromatic N) is 5. The zero-order valence-corrected chi connectivity index (χ0v) is 21.9. The van der Waals surface area contributed by atoms with Gasteiger partial charge in [0.1, 0.15) is 0 Å². The van der Waals surface area contributed by atoms with E-state index in [0.717, 1.165) is 29.2 Å². The molecule has 4 atom stereocenters. The molecule has 1 saturated carbocycles. The number of likely N-dealkylation sites (tertiary alicyclic amines) is 1. The minimum Gasteiger partial charge on any atom is -0.355 e. The van der Waals surface area contributed by atoms with Crippen molar-refractivity contribution in [3.05, 3.63) is 53.5 Å². The molecule has 0 radical (unpaired) electrons. The Balaban J connectivity index is 0.00000274. The number of hydrogen-bond acceptors (Lipinski definition) is 5. The van der Waals surface area contributed by atoms with E-state index >= 15 is 0 Å². The molecule has 9 nitrogen and oxygen atoms in total. The highest BCUT2D eigenvalue weighted by Crippen LogP contribution is 2.52. The van der Waals surface area contributed by atoms with Crippen LogP contribution in [0, 0.1) is 37.5 Å². The number of fused-ring (bicyclic) bond motifs is 5. The van der Waals surface area contributed by atoms with Gasteiger partial charge in [-0.3, -0.25) is 19.5 Å². The predicted molar refractivity (Wildman–Crippen MR) is 139 cm³/mol. The summed E-state index contributed by atoms with van der Waals surface area (Å²) in [5.41, 5.74) is 3.00. The van der Waals surface area contributed by atoms with Crippen LogP contribution in [0.1, 0.15) is 23.4 Å². The van der Waals surface area contributed by atoms with Crippen molar-refractivity contribution < 1.29 is 9.59 Å². The summed E-state index contributed by atoms with van der Waals surface area (Å²) in [6.45, 7) is 5.31. The molecule has 180 valence electrons. The number of imide groups is 1. The Morgan fingerprint density at radius 3 is 2.38 bits per heavy atom. The van der Waals surface area contributed by atoms with E-state index in [9.17, 15) is 9.59 Å². The summed E-state index contributed by atoms with van der Waals surface area (Å²) in [4.78, 5) is 35.7. The van der Waals surface area contributed by atoms with E-state index in [-0.39, 0.29) is 59.5 Å². The average Bonchev–Trinajstić information content (AvgIpc) is 3.56. The highest BCUT2D eigenvalue weighted by atomic mass is 127. The van der Waals surface area contributed by atoms with Crippen LogP contribution in [-0.4, -0.2) is 57.6 Å². The first-order valence-electron chi connectivity index (χ1n) is 11.4. The molecule has 0 spiro atoms. The number of allylic oxidation sites excluding steroid dienone is 2. The van der Waals surface area contributed by atoms with E-state index in [1.807, 2.05) is 42.9 Å². The first-order valence-corrected chi connectivity index (χ1v) is 11.4. The maximum atomic E-state index is 12.8. The molecule has 2 aromatic rings. The van der Waals surface area contributed by atoms with Gasteiger partial charge in [0, 0.05) is 38.6 Å². The van der Waals surface area contributed by atoms with Crippen molar-refractivity contribution in [2.24, 2.45) is 28.7 Å². The van der Waals surface area contributed by atoms with Crippen molar-refractivity contribution in [2.75, 3.05) is 20.1 Å². The summed E-state index contributed by atoms with van der Waals surface area (Å²) < 4.78 is 1.82. The van der Waals surface area contributed by atoms with E-state index in [1.54, 1.807) is 7.05 Å². The fourth-order valence-corrected chi connectivity index (χ4v) is 5.38. The quantitative estimate of drug-likeness (QED) is 0.180. The number of amides is 2. The van der Waals surface area contributed by atoms with E-state index in [2.05, 4.69) is 37.9 Å². The van der Waals surface area contributed by atoms with Gasteiger partial charge in [-0.2, -0.15) is 5.10 Å². The molecule has 3 aliphatic rings. The normalized spacial score (nSPS) is 25.0. The van der Waals surface area contributed by atoms with Crippen LogP contribution < -0.4 is 10.6 Å². The molecule has 1 saturated heterocycles. The highest BCUT2D eigenvalue weighted by molar-refractivity contribution is 14.0. The molecular weight excluding hydrogens is 545 g/mol. The first kappa shape index (κ1) is 24.4. The van der Waals surface area contributed by atoms with E-state index < -0.39 is 0 Å². The number of nitrogens with one attached hydrogen (secondary N) is 2. The van der Waals surface area contributed by atoms with Crippen molar-refractivity contribution in [2.45, 2.75) is 26.8 Å². The van der Waals surface area contributed by atoms with Gasteiger partial charge in [-0.05, 0) is 49.8 Å². The molecule has 2 aliphatic carbocycles. The molecule has 5 rings (SSSR count). The summed E-state index contributed by atoms with van der Waals surface area (Å²) in [6.07, 6.45) is 6.99. The van der Waals surface area contributed by atoms with E-state index in [1.165, 1.54) is 4.90 Å². The number of aromatic nitrogens is 3. The number of rotatable bonds is 6. The second-order valence-corrected chi connectivity index (χ2v) is 9.04. The summed E-state index contributed by atoms with van der Waals surface area (Å²) in [6, 6.07) is 5.96. The lowest BCUT2D eigenvalue weighted by Crippen LogP contribution is -2.43. The van der Waals surface area contributed by atoms with E-state index in [0.29, 0.717) is 25.6 Å². The standard InChI is InChI=1S/C24H29N7O2.HI/c1-14-10-15(2)31(29-14)19-7-4-16(12-27-19)13-28-24(25-3)26-8-9-30-22(32)20-17-5-6-18(11-17)21(20)23(30)33;/h4-7,10,12,17-18,20-21H,8-9,11,13H2,1-3H3,(H2,25,26,28);1H. The van der Waals surface area contributed by atoms with Crippen LogP contribution in [0.4, 0.5) is 0 Å². The number of hydrogen-bond donors (Lipinski definition) is 2. The lowest BCUT2D eigenvalue weighted by molar-refractivity contribution is -0.140. The third kappa shape index (κ3) is 4.35. The van der Waals surface area contributed by atoms with Crippen molar-refractivity contribution in [1.29, 1.82) is 0 Å². The van der Waals surface area contributed by atoms with E-state index in [4.69, 9.17) is 0 Å². The van der Waals surface area contributed by atoms with Gasteiger partial charge in [0.15, 0.2) is 11.8 Å². The molecule has 34 heavy (non-hydrogen) atoms. The van der Waals surface area contributed by atoms with Crippen LogP contribution in [0.2, 0.25) is 0 Å². The SMILES string of the molecule is CN=C(NCCN1C(=O)C2C3C=CC(C3)C2C1=O)NCc1ccc(-n2nc(C)cc2C)nc1.I. The van der Waals surface area contributed by atoms with Crippen LogP contribution in [0.3, 0.4) is 0 Å². The second-order valence-electron chi connectivity index (χ2n) is 9.04. The maximum Gasteiger partial charge on any atom is 0.233 e. The summed E-state index contributed by atoms with van der Waals surface area (Å²) in [7, 11) is 1.69. The fourth-order valence-electron chi connectivity index (χ4n) is 5.38. The predicted octanol–water partition coefficient (Wildman–Crippen LogP) is 1.97. The third-order valence-electron chi connectivity index (χ3n) is 6.91. The Labute approximate surface area is 216 Å². The number of aryl methyl sites for hydroxylation is 2. The van der Waals surface area contributed by atoms with Crippen molar-refractivity contribution in [1.82, 2.24) is 30.3 Å². The summed E-state index contributed by atoms with van der Waals surface area (Å²) >= 11 is 0. The fraction of sp³-hybridized carbons (Fsp3) is 0.458. The monoisotopic (exact) mass is 575 g/mol.